The van der Waals surface area contributed by atoms with Crippen molar-refractivity contribution in [2.45, 2.75) is 40.2 Å². The molecule has 0 radical (unpaired) electrons. The first kappa shape index (κ1) is 15.4. The number of nitrogens with one attached hydrogen (secondary N) is 1. The molecule has 0 spiro atoms. The maximum atomic E-state index is 12.5. The molecule has 1 rings (SSSR count). The van der Waals surface area contributed by atoms with E-state index in [-0.39, 0.29) is 12.2 Å². The molecule has 104 valence electrons. The van der Waals surface area contributed by atoms with Gasteiger partial charge in [0.05, 0.1) is 12.5 Å². The first-order chi connectivity index (χ1) is 8.86. The molecule has 0 aliphatic rings. The van der Waals surface area contributed by atoms with E-state index in [1.165, 1.54) is 0 Å². The minimum atomic E-state index is -0.971. The number of benzene rings is 1. The van der Waals surface area contributed by atoms with Crippen LogP contribution in [0, 0.1) is 20.8 Å². The maximum absolute atomic E-state index is 12.5. The Kier molecular flexibility index (Phi) is 5.24. The molecule has 19 heavy (non-hydrogen) atoms. The van der Waals surface area contributed by atoms with Crippen molar-refractivity contribution in [3.05, 3.63) is 34.4 Å². The first-order valence-electron chi connectivity index (χ1n) is 6.44. The lowest BCUT2D eigenvalue weighted by Gasteiger charge is -2.18. The van der Waals surface area contributed by atoms with E-state index in [0.717, 1.165) is 16.7 Å². The summed E-state index contributed by atoms with van der Waals surface area (Å²) in [5.41, 5.74) is 3.54. The van der Waals surface area contributed by atoms with Crippen LogP contribution in [0.4, 0.5) is 0 Å². The number of aliphatic carboxylic acids is 1. The zero-order valence-electron chi connectivity index (χ0n) is 11.9. The van der Waals surface area contributed by atoms with Gasteiger partial charge in [0.1, 0.15) is 0 Å². The quantitative estimate of drug-likeness (QED) is 0.772. The number of carbonyl (C=O) groups is 2. The second kappa shape index (κ2) is 6.48. The molecule has 1 unspecified atom stereocenters. The molecule has 1 aromatic carbocycles. The van der Waals surface area contributed by atoms with Gasteiger partial charge in [-0.3, -0.25) is 9.59 Å². The monoisotopic (exact) mass is 263 g/mol. The van der Waals surface area contributed by atoms with E-state index < -0.39 is 12.0 Å². The second-order valence-corrected chi connectivity index (χ2v) is 4.85. The van der Waals surface area contributed by atoms with Crippen LogP contribution in [0.1, 0.15) is 40.4 Å². The topological polar surface area (TPSA) is 66.4 Å². The zero-order valence-corrected chi connectivity index (χ0v) is 11.9. The summed E-state index contributed by atoms with van der Waals surface area (Å²) in [5, 5.41) is 11.8. The predicted molar refractivity (Wildman–Crippen MR) is 74.7 cm³/mol. The summed E-state index contributed by atoms with van der Waals surface area (Å²) in [5.74, 6) is -1.11. The first-order valence-corrected chi connectivity index (χ1v) is 6.44. The van der Waals surface area contributed by atoms with Crippen LogP contribution in [0.5, 0.6) is 0 Å². The minimum Gasteiger partial charge on any atom is -0.481 e. The van der Waals surface area contributed by atoms with Crippen molar-refractivity contribution in [1.82, 2.24) is 5.32 Å². The number of carboxylic acids is 1. The van der Waals surface area contributed by atoms with Crippen molar-refractivity contribution in [2.24, 2.45) is 0 Å². The van der Waals surface area contributed by atoms with Gasteiger partial charge in [0.25, 0.3) is 0 Å². The fourth-order valence-corrected chi connectivity index (χ4v) is 2.42. The Morgan fingerprint density at radius 3 is 2.16 bits per heavy atom. The van der Waals surface area contributed by atoms with Crippen LogP contribution in [-0.4, -0.2) is 29.4 Å². The number of carbonyl (C=O) groups excluding carboxylic acids is 1. The molecule has 0 aliphatic heterocycles. The maximum Gasteiger partial charge on any atom is 0.305 e. The molecule has 0 saturated carbocycles. The normalized spacial score (nSPS) is 12.2. The number of hydrogen-bond donors (Lipinski definition) is 2. The van der Waals surface area contributed by atoms with Crippen molar-refractivity contribution in [3.63, 3.8) is 0 Å². The molecule has 2 N–H and O–H groups in total. The van der Waals surface area contributed by atoms with Gasteiger partial charge in [0.2, 0.25) is 0 Å². The molecule has 0 aromatic heterocycles. The van der Waals surface area contributed by atoms with Crippen molar-refractivity contribution in [1.29, 1.82) is 0 Å². The summed E-state index contributed by atoms with van der Waals surface area (Å²) >= 11 is 0. The Bertz CT molecular complexity index is 471. The molecule has 0 bridgehead atoms. The SMILES string of the molecule is CCNC(CC(=O)O)C(=O)c1c(C)cc(C)cc1C. The van der Waals surface area contributed by atoms with E-state index in [1.807, 2.05) is 39.8 Å². The van der Waals surface area contributed by atoms with E-state index in [2.05, 4.69) is 5.32 Å². The predicted octanol–water partition coefficient (Wildman–Crippen LogP) is 2.25. The number of ketones is 1. The third kappa shape index (κ3) is 3.89. The van der Waals surface area contributed by atoms with Crippen molar-refractivity contribution in [3.8, 4) is 0 Å². The summed E-state index contributed by atoms with van der Waals surface area (Å²) < 4.78 is 0. The Morgan fingerprint density at radius 1 is 1.21 bits per heavy atom. The van der Waals surface area contributed by atoms with Crippen molar-refractivity contribution < 1.29 is 14.7 Å². The van der Waals surface area contributed by atoms with Crippen LogP contribution in [0.3, 0.4) is 0 Å². The van der Waals surface area contributed by atoms with Crippen molar-refractivity contribution in [2.75, 3.05) is 6.54 Å². The van der Waals surface area contributed by atoms with Crippen LogP contribution >= 0.6 is 0 Å². The lowest BCUT2D eigenvalue weighted by molar-refractivity contribution is -0.137. The molecule has 0 saturated heterocycles. The molecular weight excluding hydrogens is 242 g/mol. The Morgan fingerprint density at radius 2 is 1.74 bits per heavy atom. The highest BCUT2D eigenvalue weighted by Gasteiger charge is 2.24. The molecule has 0 fully saturated rings. The van der Waals surface area contributed by atoms with Gasteiger partial charge < -0.3 is 10.4 Å². The fourth-order valence-electron chi connectivity index (χ4n) is 2.42. The Balaban J connectivity index is 3.12. The summed E-state index contributed by atoms with van der Waals surface area (Å²) in [6.07, 6.45) is -0.195. The third-order valence-corrected chi connectivity index (χ3v) is 3.07. The van der Waals surface area contributed by atoms with E-state index in [1.54, 1.807) is 0 Å². The molecular formula is C15H21NO3. The largest absolute Gasteiger partial charge is 0.481 e. The minimum absolute atomic E-state index is 0.140. The summed E-state index contributed by atoms with van der Waals surface area (Å²) in [6.45, 7) is 8.17. The van der Waals surface area contributed by atoms with Gasteiger partial charge in [0.15, 0.2) is 5.78 Å². The van der Waals surface area contributed by atoms with Crippen LogP contribution in [0.25, 0.3) is 0 Å². The van der Waals surface area contributed by atoms with Gasteiger partial charge >= 0.3 is 5.97 Å². The highest BCUT2D eigenvalue weighted by molar-refractivity contribution is 6.04. The molecule has 4 heteroatoms. The number of likely N-dealkylation sites (N-methyl/N-ethyl adjacent to an activating group) is 1. The summed E-state index contributed by atoms with van der Waals surface area (Å²) in [7, 11) is 0. The van der Waals surface area contributed by atoms with Gasteiger partial charge in [-0.2, -0.15) is 0 Å². The van der Waals surface area contributed by atoms with Crippen LogP contribution in [-0.2, 0) is 4.79 Å². The van der Waals surface area contributed by atoms with Gasteiger partial charge in [-0.05, 0) is 38.4 Å². The van der Waals surface area contributed by atoms with Gasteiger partial charge in [-0.15, -0.1) is 0 Å². The van der Waals surface area contributed by atoms with Crippen molar-refractivity contribution >= 4 is 11.8 Å². The third-order valence-electron chi connectivity index (χ3n) is 3.07. The number of hydrogen-bond acceptors (Lipinski definition) is 3. The molecule has 1 aromatic rings. The zero-order chi connectivity index (χ0) is 14.6. The highest BCUT2D eigenvalue weighted by atomic mass is 16.4. The lowest BCUT2D eigenvalue weighted by atomic mass is 9.92. The van der Waals surface area contributed by atoms with E-state index in [9.17, 15) is 9.59 Å². The van der Waals surface area contributed by atoms with E-state index in [0.29, 0.717) is 12.1 Å². The summed E-state index contributed by atoms with van der Waals surface area (Å²) in [4.78, 5) is 23.3. The lowest BCUT2D eigenvalue weighted by Crippen LogP contribution is -2.39. The smallest absolute Gasteiger partial charge is 0.305 e. The van der Waals surface area contributed by atoms with Crippen LogP contribution in [0.15, 0.2) is 12.1 Å². The average Bonchev–Trinajstić information content (AvgIpc) is 2.26. The summed E-state index contributed by atoms with van der Waals surface area (Å²) in [6, 6.07) is 3.23. The highest BCUT2D eigenvalue weighted by Crippen LogP contribution is 2.19. The van der Waals surface area contributed by atoms with E-state index >= 15 is 0 Å². The molecule has 4 nitrogen and oxygen atoms in total. The van der Waals surface area contributed by atoms with Gasteiger partial charge in [0, 0.05) is 5.56 Å². The molecule has 1 atom stereocenters. The number of Topliss-reactive ketones (excluding diaryl/α,β-unsaturated/α-hetero) is 1. The standard InChI is InChI=1S/C15H21NO3/c1-5-16-12(8-13(17)18)15(19)14-10(3)6-9(2)7-11(14)4/h6-7,12,16H,5,8H2,1-4H3,(H,17,18). The Hall–Kier alpha value is -1.68. The molecule has 0 heterocycles. The van der Waals surface area contributed by atoms with Gasteiger partial charge in [-0.25, -0.2) is 0 Å². The number of rotatable bonds is 6. The molecule has 0 aliphatic carbocycles. The number of carboxylic acid groups (broad SMARTS) is 1. The fraction of sp³-hybridized carbons (Fsp3) is 0.467. The van der Waals surface area contributed by atoms with E-state index in [4.69, 9.17) is 5.11 Å². The van der Waals surface area contributed by atoms with Crippen LogP contribution < -0.4 is 5.32 Å². The number of aryl methyl sites for hydroxylation is 3. The van der Waals surface area contributed by atoms with Gasteiger partial charge in [-0.1, -0.05) is 24.6 Å². The van der Waals surface area contributed by atoms with Crippen LogP contribution in [0.2, 0.25) is 0 Å². The molecule has 0 amide bonds. The Labute approximate surface area is 113 Å². The average molecular weight is 263 g/mol. The second-order valence-electron chi connectivity index (χ2n) is 4.85.